The van der Waals surface area contributed by atoms with Gasteiger partial charge in [-0.15, -0.1) is 0 Å². The van der Waals surface area contributed by atoms with E-state index in [9.17, 15) is 13.2 Å². The van der Waals surface area contributed by atoms with Crippen LogP contribution in [0.25, 0.3) is 0 Å². The Hall–Kier alpha value is -1.99. The van der Waals surface area contributed by atoms with Gasteiger partial charge in [-0.1, -0.05) is 17.7 Å². The Morgan fingerprint density at radius 2 is 1.90 bits per heavy atom. The molecule has 21 heavy (non-hydrogen) atoms. The minimum Gasteiger partial charge on any atom is -0.464 e. The number of rotatable bonds is 3. The second kappa shape index (κ2) is 9.84. The highest BCUT2D eigenvalue weighted by molar-refractivity contribution is 7.85. The fourth-order valence-corrected chi connectivity index (χ4v) is 1.48. The molecule has 9 heteroatoms. The van der Waals surface area contributed by atoms with Crippen LogP contribution in [0.15, 0.2) is 29.2 Å². The lowest BCUT2D eigenvalue weighted by Gasteiger charge is -2.00. The zero-order chi connectivity index (χ0) is 15.8. The molecule has 0 heterocycles. The van der Waals surface area contributed by atoms with Crippen LogP contribution in [0.4, 0.5) is 0 Å². The predicted octanol–water partition coefficient (Wildman–Crippen LogP) is -0.183. The maximum Gasteiger partial charge on any atom is 0.337 e. The van der Waals surface area contributed by atoms with Crippen molar-refractivity contribution >= 4 is 16.1 Å². The Bertz CT molecular complexity index is 577. The highest BCUT2D eigenvalue weighted by Gasteiger charge is 2.11. The van der Waals surface area contributed by atoms with Crippen LogP contribution in [0.1, 0.15) is 12.5 Å². The highest BCUT2D eigenvalue weighted by Crippen LogP contribution is 2.08. The van der Waals surface area contributed by atoms with Gasteiger partial charge in [0.25, 0.3) is 10.1 Å². The maximum absolute atomic E-state index is 10.5. The van der Waals surface area contributed by atoms with Crippen molar-refractivity contribution in [2.45, 2.75) is 24.8 Å². The highest BCUT2D eigenvalue weighted by atomic mass is 32.2. The number of aryl methyl sites for hydroxylation is 1. The number of hydrogen-bond acceptors (Lipinski definition) is 6. The number of hydrogen-bond donors (Lipinski definition) is 2. The van der Waals surface area contributed by atoms with Gasteiger partial charge in [-0.25, -0.2) is 4.79 Å². The van der Waals surface area contributed by atoms with E-state index in [2.05, 4.69) is 4.74 Å². The lowest BCUT2D eigenvalue weighted by molar-refractivity contribution is -0.143. The van der Waals surface area contributed by atoms with E-state index < -0.39 is 22.1 Å². The number of esters is 1. The SMILES string of the molecule is CCOC(=O)C(N)C#N.Cc1ccc(S(=O)(=O)O)cc1.O. The average molecular weight is 318 g/mol. The number of nitriles is 1. The van der Waals surface area contributed by atoms with Crippen LogP contribution in [-0.2, 0) is 19.6 Å². The first-order valence-corrected chi connectivity index (χ1v) is 7.02. The molecule has 0 saturated heterocycles. The van der Waals surface area contributed by atoms with Crippen LogP contribution >= 0.6 is 0 Å². The van der Waals surface area contributed by atoms with E-state index in [0.717, 1.165) is 5.56 Å². The van der Waals surface area contributed by atoms with E-state index >= 15 is 0 Å². The van der Waals surface area contributed by atoms with Crippen LogP contribution in [0, 0.1) is 18.3 Å². The first kappa shape index (κ1) is 21.3. The molecular weight excluding hydrogens is 300 g/mol. The Morgan fingerprint density at radius 3 is 2.24 bits per heavy atom. The molecule has 0 fully saturated rings. The van der Waals surface area contributed by atoms with E-state index in [1.54, 1.807) is 25.1 Å². The summed E-state index contributed by atoms with van der Waals surface area (Å²) in [6.07, 6.45) is 0. The normalized spacial score (nSPS) is 11.0. The number of nitrogens with two attached hydrogens (primary N) is 1. The summed E-state index contributed by atoms with van der Waals surface area (Å²) in [5, 5.41) is 8.06. The summed E-state index contributed by atoms with van der Waals surface area (Å²) in [6, 6.07) is 6.41. The molecule has 0 aliphatic rings. The quantitative estimate of drug-likeness (QED) is 0.576. The fraction of sp³-hybridized carbons (Fsp3) is 0.333. The summed E-state index contributed by atoms with van der Waals surface area (Å²) >= 11 is 0. The van der Waals surface area contributed by atoms with Gasteiger partial charge < -0.3 is 15.9 Å². The Kier molecular flexibility index (Phi) is 9.99. The lowest BCUT2D eigenvalue weighted by atomic mass is 10.2. The number of carbonyl (C=O) groups excluding carboxylic acids is 1. The topological polar surface area (TPSA) is 162 Å². The molecule has 1 aromatic rings. The molecule has 0 amide bonds. The average Bonchev–Trinajstić information content (AvgIpc) is 2.38. The largest absolute Gasteiger partial charge is 0.464 e. The Balaban J connectivity index is 0. The molecule has 5 N–H and O–H groups in total. The second-order valence-corrected chi connectivity index (χ2v) is 5.07. The molecule has 0 saturated carbocycles. The van der Waals surface area contributed by atoms with Gasteiger partial charge in [0, 0.05) is 0 Å². The van der Waals surface area contributed by atoms with E-state index in [4.69, 9.17) is 15.5 Å². The van der Waals surface area contributed by atoms with Crippen molar-refractivity contribution in [3.8, 4) is 6.07 Å². The molecule has 0 aliphatic carbocycles. The first-order valence-electron chi connectivity index (χ1n) is 5.58. The second-order valence-electron chi connectivity index (χ2n) is 3.65. The zero-order valence-corrected chi connectivity index (χ0v) is 12.4. The molecule has 0 aliphatic heterocycles. The zero-order valence-electron chi connectivity index (χ0n) is 11.6. The van der Waals surface area contributed by atoms with E-state index in [1.807, 2.05) is 6.92 Å². The van der Waals surface area contributed by atoms with Crippen molar-refractivity contribution in [1.82, 2.24) is 0 Å². The summed E-state index contributed by atoms with van der Waals surface area (Å²) in [7, 11) is -4.02. The van der Waals surface area contributed by atoms with Crippen LogP contribution in [0.3, 0.4) is 0 Å². The fourth-order valence-electron chi connectivity index (χ4n) is 0.995. The summed E-state index contributed by atoms with van der Waals surface area (Å²) in [6.45, 7) is 3.75. The van der Waals surface area contributed by atoms with Gasteiger partial charge in [-0.2, -0.15) is 13.7 Å². The molecule has 1 aromatic carbocycles. The van der Waals surface area contributed by atoms with Gasteiger partial charge in [0.1, 0.15) is 0 Å². The first-order chi connectivity index (χ1) is 9.22. The van der Waals surface area contributed by atoms with Crippen LogP contribution in [-0.4, -0.2) is 37.1 Å². The van der Waals surface area contributed by atoms with Crippen molar-refractivity contribution in [1.29, 1.82) is 5.26 Å². The molecule has 0 aromatic heterocycles. The third-order valence-electron chi connectivity index (χ3n) is 2.00. The van der Waals surface area contributed by atoms with Crippen molar-refractivity contribution < 1.29 is 28.0 Å². The summed E-state index contributed by atoms with van der Waals surface area (Å²) in [5.74, 6) is -0.667. The molecule has 1 atom stereocenters. The van der Waals surface area contributed by atoms with E-state index in [-0.39, 0.29) is 17.0 Å². The van der Waals surface area contributed by atoms with Crippen molar-refractivity contribution in [3.05, 3.63) is 29.8 Å². The van der Waals surface area contributed by atoms with Crippen molar-refractivity contribution in [2.75, 3.05) is 6.61 Å². The lowest BCUT2D eigenvalue weighted by Crippen LogP contribution is -2.30. The molecule has 1 rings (SSSR count). The minimum absolute atomic E-state index is 0. The monoisotopic (exact) mass is 318 g/mol. The summed E-state index contributed by atoms with van der Waals surface area (Å²) < 4.78 is 34.0. The number of carbonyl (C=O) groups is 1. The van der Waals surface area contributed by atoms with Crippen LogP contribution in [0.2, 0.25) is 0 Å². The predicted molar refractivity (Wildman–Crippen MR) is 74.8 cm³/mol. The standard InChI is InChI=1S/C7H8O3S.C5H8N2O2.H2O/c1-6-2-4-7(5-3-6)11(8,9)10;1-2-9-5(8)4(7)3-6;/h2-5H,1H3,(H,8,9,10);4H,2,7H2,1H3;1H2. The summed E-state index contributed by atoms with van der Waals surface area (Å²) in [5.41, 5.74) is 5.92. The molecule has 0 bridgehead atoms. The van der Waals surface area contributed by atoms with Crippen molar-refractivity contribution in [2.24, 2.45) is 5.73 Å². The maximum atomic E-state index is 10.5. The smallest absolute Gasteiger partial charge is 0.337 e. The number of ether oxygens (including phenoxy) is 1. The third kappa shape index (κ3) is 8.72. The molecule has 0 radical (unpaired) electrons. The van der Waals surface area contributed by atoms with Gasteiger partial charge >= 0.3 is 5.97 Å². The van der Waals surface area contributed by atoms with Crippen LogP contribution in [0.5, 0.6) is 0 Å². The van der Waals surface area contributed by atoms with Crippen molar-refractivity contribution in [3.63, 3.8) is 0 Å². The molecule has 1 unspecified atom stereocenters. The number of benzene rings is 1. The molecule has 0 spiro atoms. The van der Waals surface area contributed by atoms with E-state index in [0.29, 0.717) is 0 Å². The molecule has 8 nitrogen and oxygen atoms in total. The van der Waals surface area contributed by atoms with Gasteiger partial charge in [-0.05, 0) is 26.0 Å². The van der Waals surface area contributed by atoms with Gasteiger partial charge in [-0.3, -0.25) is 4.55 Å². The van der Waals surface area contributed by atoms with Gasteiger partial charge in [0.2, 0.25) is 0 Å². The third-order valence-corrected chi connectivity index (χ3v) is 2.87. The molecule has 118 valence electrons. The van der Waals surface area contributed by atoms with Crippen LogP contribution < -0.4 is 5.73 Å². The molecular formula is C12H18N2O6S. The van der Waals surface area contributed by atoms with Gasteiger partial charge in [0.05, 0.1) is 17.6 Å². The van der Waals surface area contributed by atoms with E-state index in [1.165, 1.54) is 12.1 Å². The van der Waals surface area contributed by atoms with Gasteiger partial charge in [0.15, 0.2) is 6.04 Å². The minimum atomic E-state index is -4.02. The Morgan fingerprint density at radius 1 is 1.43 bits per heavy atom. The Labute approximate surface area is 123 Å². The summed E-state index contributed by atoms with van der Waals surface area (Å²) in [4.78, 5) is 10.3. The number of nitrogens with zero attached hydrogens (tertiary/aromatic N) is 1.